The molecule has 0 saturated carbocycles. The first-order valence-corrected chi connectivity index (χ1v) is 7.34. The zero-order valence-electron chi connectivity index (χ0n) is 11.3. The molecule has 0 aromatic heterocycles. The smallest absolute Gasteiger partial charge is 0.257 e. The SMILES string of the molecule is CCN1CCN(C(=O)c2ccc(Br)cc2O)CC1C. The molecular formula is C14H19BrN2O2. The van der Waals surface area contributed by atoms with Crippen molar-refractivity contribution in [2.24, 2.45) is 0 Å². The number of benzene rings is 1. The minimum Gasteiger partial charge on any atom is -0.507 e. The topological polar surface area (TPSA) is 43.8 Å². The summed E-state index contributed by atoms with van der Waals surface area (Å²) in [5.41, 5.74) is 0.375. The van der Waals surface area contributed by atoms with Gasteiger partial charge in [0.05, 0.1) is 5.56 Å². The van der Waals surface area contributed by atoms with Gasteiger partial charge in [-0.15, -0.1) is 0 Å². The van der Waals surface area contributed by atoms with Crippen molar-refractivity contribution in [3.05, 3.63) is 28.2 Å². The van der Waals surface area contributed by atoms with Gasteiger partial charge in [-0.1, -0.05) is 22.9 Å². The van der Waals surface area contributed by atoms with Crippen molar-refractivity contribution >= 4 is 21.8 Å². The predicted octanol–water partition coefficient (Wildman–Crippen LogP) is 2.32. The van der Waals surface area contributed by atoms with Crippen molar-refractivity contribution in [2.45, 2.75) is 19.9 Å². The average Bonchev–Trinajstić information content (AvgIpc) is 2.38. The highest BCUT2D eigenvalue weighted by Gasteiger charge is 2.27. The summed E-state index contributed by atoms with van der Waals surface area (Å²) >= 11 is 3.28. The lowest BCUT2D eigenvalue weighted by atomic mass is 10.1. The zero-order valence-corrected chi connectivity index (χ0v) is 12.9. The highest BCUT2D eigenvalue weighted by Crippen LogP contribution is 2.24. The minimum atomic E-state index is -0.0902. The molecule has 1 aromatic rings. The van der Waals surface area contributed by atoms with E-state index in [-0.39, 0.29) is 11.7 Å². The summed E-state index contributed by atoms with van der Waals surface area (Å²) in [4.78, 5) is 16.6. The number of aromatic hydroxyl groups is 1. The molecule has 1 aliphatic heterocycles. The fraction of sp³-hybridized carbons (Fsp3) is 0.500. The number of phenols is 1. The Bertz CT molecular complexity index is 479. The number of hydrogen-bond donors (Lipinski definition) is 1. The Morgan fingerprint density at radius 1 is 1.47 bits per heavy atom. The third-order valence-corrected chi connectivity index (χ3v) is 4.14. The first-order valence-electron chi connectivity index (χ1n) is 6.54. The van der Waals surface area contributed by atoms with Crippen molar-refractivity contribution < 1.29 is 9.90 Å². The predicted molar refractivity (Wildman–Crippen MR) is 78.4 cm³/mol. The van der Waals surface area contributed by atoms with Gasteiger partial charge in [0.1, 0.15) is 5.75 Å². The van der Waals surface area contributed by atoms with Gasteiger partial charge in [0.25, 0.3) is 5.91 Å². The van der Waals surface area contributed by atoms with Gasteiger partial charge < -0.3 is 10.0 Å². The van der Waals surface area contributed by atoms with Crippen LogP contribution in [0.15, 0.2) is 22.7 Å². The first kappa shape index (κ1) is 14.3. The molecular weight excluding hydrogens is 308 g/mol. The van der Waals surface area contributed by atoms with E-state index in [2.05, 4.69) is 34.7 Å². The van der Waals surface area contributed by atoms with Crippen molar-refractivity contribution in [1.29, 1.82) is 0 Å². The molecule has 1 aromatic carbocycles. The summed E-state index contributed by atoms with van der Waals surface area (Å²) in [7, 11) is 0. The van der Waals surface area contributed by atoms with E-state index in [1.54, 1.807) is 18.2 Å². The Kier molecular flexibility index (Phi) is 4.47. The number of hydrogen-bond acceptors (Lipinski definition) is 3. The largest absolute Gasteiger partial charge is 0.507 e. The van der Waals surface area contributed by atoms with Crippen molar-refractivity contribution in [2.75, 3.05) is 26.2 Å². The standard InChI is InChI=1S/C14H19BrN2O2/c1-3-16-6-7-17(9-10(16)2)14(19)12-5-4-11(15)8-13(12)18/h4-5,8,10,18H,3,6-7,9H2,1-2H3. The molecule has 1 heterocycles. The van der Waals surface area contributed by atoms with Gasteiger partial charge in [-0.2, -0.15) is 0 Å². The molecule has 1 fully saturated rings. The maximum atomic E-state index is 12.4. The van der Waals surface area contributed by atoms with Crippen molar-refractivity contribution in [3.8, 4) is 5.75 Å². The Balaban J connectivity index is 2.12. The second-order valence-electron chi connectivity index (χ2n) is 4.89. The molecule has 4 nitrogen and oxygen atoms in total. The van der Waals surface area contributed by atoms with Crippen LogP contribution in [0.1, 0.15) is 24.2 Å². The lowest BCUT2D eigenvalue weighted by Crippen LogP contribution is -2.53. The third-order valence-electron chi connectivity index (χ3n) is 3.65. The van der Waals surface area contributed by atoms with Crippen LogP contribution in [-0.2, 0) is 0 Å². The Morgan fingerprint density at radius 3 is 2.79 bits per heavy atom. The summed E-state index contributed by atoms with van der Waals surface area (Å²) < 4.78 is 0.769. The van der Waals surface area contributed by atoms with E-state index in [9.17, 15) is 9.90 Å². The molecule has 1 amide bonds. The molecule has 5 heteroatoms. The van der Waals surface area contributed by atoms with Crippen LogP contribution in [0.2, 0.25) is 0 Å². The number of phenolic OH excluding ortho intramolecular Hbond substituents is 1. The van der Waals surface area contributed by atoms with Crippen LogP contribution in [0.25, 0.3) is 0 Å². The van der Waals surface area contributed by atoms with Gasteiger partial charge in [0.2, 0.25) is 0 Å². The van der Waals surface area contributed by atoms with Crippen LogP contribution >= 0.6 is 15.9 Å². The molecule has 0 spiro atoms. The van der Waals surface area contributed by atoms with E-state index < -0.39 is 0 Å². The number of amides is 1. The molecule has 1 N–H and O–H groups in total. The van der Waals surface area contributed by atoms with E-state index >= 15 is 0 Å². The summed E-state index contributed by atoms with van der Waals surface area (Å²) in [5.74, 6) is -0.0578. The Labute approximate surface area is 122 Å². The van der Waals surface area contributed by atoms with Crippen molar-refractivity contribution in [3.63, 3.8) is 0 Å². The number of piperazine rings is 1. The van der Waals surface area contributed by atoms with Gasteiger partial charge in [0, 0.05) is 30.1 Å². The summed E-state index contributed by atoms with van der Waals surface area (Å²) in [6.45, 7) is 7.58. The van der Waals surface area contributed by atoms with Gasteiger partial charge in [-0.05, 0) is 31.7 Å². The number of nitrogens with zero attached hydrogens (tertiary/aromatic N) is 2. The molecule has 1 unspecified atom stereocenters. The van der Waals surface area contributed by atoms with E-state index in [0.717, 1.165) is 17.6 Å². The van der Waals surface area contributed by atoms with E-state index in [1.807, 2.05) is 4.90 Å². The fourth-order valence-corrected chi connectivity index (χ4v) is 2.85. The average molecular weight is 327 g/mol. The molecule has 2 rings (SSSR count). The quantitative estimate of drug-likeness (QED) is 0.907. The summed E-state index contributed by atoms with van der Waals surface area (Å²) in [6.07, 6.45) is 0. The number of rotatable bonds is 2. The van der Waals surface area contributed by atoms with E-state index in [1.165, 1.54) is 0 Å². The summed E-state index contributed by atoms with van der Waals surface area (Å²) in [6, 6.07) is 5.36. The highest BCUT2D eigenvalue weighted by atomic mass is 79.9. The molecule has 1 aliphatic rings. The first-order chi connectivity index (χ1) is 9.02. The molecule has 104 valence electrons. The molecule has 0 bridgehead atoms. The minimum absolute atomic E-state index is 0.0324. The number of carbonyl (C=O) groups is 1. The molecule has 1 atom stereocenters. The van der Waals surface area contributed by atoms with Crippen molar-refractivity contribution in [1.82, 2.24) is 9.80 Å². The van der Waals surface area contributed by atoms with Gasteiger partial charge >= 0.3 is 0 Å². The van der Waals surface area contributed by atoms with Crippen LogP contribution in [0.5, 0.6) is 5.75 Å². The third kappa shape index (κ3) is 3.09. The molecule has 1 saturated heterocycles. The van der Waals surface area contributed by atoms with E-state index in [4.69, 9.17) is 0 Å². The fourth-order valence-electron chi connectivity index (χ4n) is 2.51. The lowest BCUT2D eigenvalue weighted by molar-refractivity contribution is 0.0525. The second kappa shape index (κ2) is 5.92. The summed E-state index contributed by atoms with van der Waals surface area (Å²) in [5, 5.41) is 9.87. The van der Waals surface area contributed by atoms with Gasteiger partial charge in [0.15, 0.2) is 0 Å². The highest BCUT2D eigenvalue weighted by molar-refractivity contribution is 9.10. The molecule has 0 radical (unpaired) electrons. The van der Waals surface area contributed by atoms with Crippen LogP contribution in [0.4, 0.5) is 0 Å². The Hall–Kier alpha value is -1.07. The Morgan fingerprint density at radius 2 is 2.21 bits per heavy atom. The zero-order chi connectivity index (χ0) is 14.0. The van der Waals surface area contributed by atoms with Crippen LogP contribution < -0.4 is 0 Å². The maximum absolute atomic E-state index is 12.4. The lowest BCUT2D eigenvalue weighted by Gasteiger charge is -2.39. The van der Waals surface area contributed by atoms with Crippen LogP contribution in [0.3, 0.4) is 0 Å². The van der Waals surface area contributed by atoms with Crippen LogP contribution in [-0.4, -0.2) is 53.0 Å². The van der Waals surface area contributed by atoms with E-state index in [0.29, 0.717) is 24.7 Å². The monoisotopic (exact) mass is 326 g/mol. The second-order valence-corrected chi connectivity index (χ2v) is 5.81. The van der Waals surface area contributed by atoms with Gasteiger partial charge in [-0.3, -0.25) is 9.69 Å². The number of likely N-dealkylation sites (N-methyl/N-ethyl adjacent to an activating group) is 1. The normalized spacial score (nSPS) is 20.6. The number of carbonyl (C=O) groups excluding carboxylic acids is 1. The molecule has 19 heavy (non-hydrogen) atoms. The maximum Gasteiger partial charge on any atom is 0.257 e. The van der Waals surface area contributed by atoms with Crippen LogP contribution in [0, 0.1) is 0 Å². The molecule has 0 aliphatic carbocycles. The number of halogens is 1. The van der Waals surface area contributed by atoms with Gasteiger partial charge in [-0.25, -0.2) is 0 Å².